The minimum Gasteiger partial charge on any atom is -0.481 e. The normalized spacial score (nSPS) is 10.1. The number of nitro benzene ring substituents is 1. The summed E-state index contributed by atoms with van der Waals surface area (Å²) in [6, 6.07) is 8.48. The Balaban J connectivity index is 2.16. The summed E-state index contributed by atoms with van der Waals surface area (Å²) in [5, 5.41) is 14.0. The third-order valence-electron chi connectivity index (χ3n) is 2.65. The molecule has 104 valence electrons. The molecule has 0 amide bonds. The summed E-state index contributed by atoms with van der Waals surface area (Å²) in [5.41, 5.74) is 1.42. The molecule has 0 atom stereocenters. The largest absolute Gasteiger partial charge is 0.481 e. The van der Waals surface area contributed by atoms with E-state index in [-0.39, 0.29) is 5.69 Å². The quantitative estimate of drug-likeness (QED) is 0.668. The average molecular weight is 338 g/mol. The lowest BCUT2D eigenvalue weighted by Crippen LogP contribution is -2.03. The highest BCUT2D eigenvalue weighted by molar-refractivity contribution is 9.10. The van der Waals surface area contributed by atoms with Crippen LogP contribution in [0.25, 0.3) is 0 Å². The molecule has 1 aromatic heterocycles. The molecule has 0 saturated carbocycles. The molecule has 0 unspecified atom stereocenters. The molecule has 2 aromatic rings. The number of nitrogens with zero attached hydrogens (tertiary/aromatic N) is 2. The van der Waals surface area contributed by atoms with E-state index in [0.717, 1.165) is 5.56 Å². The second-order valence-corrected chi connectivity index (χ2v) is 4.89. The van der Waals surface area contributed by atoms with Gasteiger partial charge in [-0.25, -0.2) is 4.98 Å². The van der Waals surface area contributed by atoms with Crippen LogP contribution in [0.4, 0.5) is 11.4 Å². The predicted molar refractivity (Wildman–Crippen MR) is 78.9 cm³/mol. The van der Waals surface area contributed by atoms with Crippen molar-refractivity contribution in [3.05, 3.63) is 56.7 Å². The van der Waals surface area contributed by atoms with E-state index in [2.05, 4.69) is 26.2 Å². The van der Waals surface area contributed by atoms with Gasteiger partial charge >= 0.3 is 0 Å². The van der Waals surface area contributed by atoms with E-state index >= 15 is 0 Å². The Labute approximate surface area is 124 Å². The van der Waals surface area contributed by atoms with Gasteiger partial charge in [0.15, 0.2) is 0 Å². The summed E-state index contributed by atoms with van der Waals surface area (Å²) >= 11 is 3.22. The summed E-state index contributed by atoms with van der Waals surface area (Å²) in [5.74, 6) is 0.509. The molecule has 0 radical (unpaired) electrons. The van der Waals surface area contributed by atoms with Gasteiger partial charge in [0.25, 0.3) is 5.69 Å². The van der Waals surface area contributed by atoms with Crippen molar-refractivity contribution in [3.63, 3.8) is 0 Å². The van der Waals surface area contributed by atoms with Crippen molar-refractivity contribution < 1.29 is 9.66 Å². The molecule has 0 bridgehead atoms. The van der Waals surface area contributed by atoms with Gasteiger partial charge < -0.3 is 10.1 Å². The zero-order chi connectivity index (χ0) is 14.5. The predicted octanol–water partition coefficient (Wildman–Crippen LogP) is 3.37. The van der Waals surface area contributed by atoms with Crippen LogP contribution in [0.1, 0.15) is 5.56 Å². The monoisotopic (exact) mass is 337 g/mol. The number of hydrogen-bond donors (Lipinski definition) is 1. The minimum atomic E-state index is -0.416. The first-order chi connectivity index (χ1) is 9.60. The van der Waals surface area contributed by atoms with Gasteiger partial charge in [-0.1, -0.05) is 15.9 Å². The van der Waals surface area contributed by atoms with Gasteiger partial charge in [-0.05, 0) is 23.8 Å². The van der Waals surface area contributed by atoms with E-state index in [0.29, 0.717) is 22.6 Å². The molecule has 0 aliphatic rings. The molecule has 7 heteroatoms. The zero-order valence-corrected chi connectivity index (χ0v) is 12.3. The Morgan fingerprint density at radius 2 is 2.20 bits per heavy atom. The van der Waals surface area contributed by atoms with Crippen LogP contribution >= 0.6 is 15.9 Å². The number of nitrogens with one attached hydrogen (secondary N) is 1. The highest BCUT2D eigenvalue weighted by Gasteiger charge is 2.13. The summed E-state index contributed by atoms with van der Waals surface area (Å²) in [6.07, 6.45) is 1.63. The van der Waals surface area contributed by atoms with Crippen molar-refractivity contribution >= 4 is 27.3 Å². The summed E-state index contributed by atoms with van der Waals surface area (Å²) in [6.45, 7) is 0.446. The molecule has 6 nitrogen and oxygen atoms in total. The lowest BCUT2D eigenvalue weighted by molar-refractivity contribution is -0.384. The third-order valence-corrected chi connectivity index (χ3v) is 3.14. The molecule has 0 spiro atoms. The molecule has 20 heavy (non-hydrogen) atoms. The first kappa shape index (κ1) is 14.3. The second-order valence-electron chi connectivity index (χ2n) is 3.98. The number of anilines is 1. The Hall–Kier alpha value is -2.15. The SMILES string of the molecule is COc1cc(CNc2ccc(Br)cc2[N+](=O)[O-])ccn1. The second kappa shape index (κ2) is 6.33. The summed E-state index contributed by atoms with van der Waals surface area (Å²) in [4.78, 5) is 14.6. The van der Waals surface area contributed by atoms with Gasteiger partial charge in [0, 0.05) is 29.3 Å². The van der Waals surface area contributed by atoms with Crippen LogP contribution in [0.3, 0.4) is 0 Å². The fourth-order valence-corrected chi connectivity index (χ4v) is 2.02. The molecular formula is C13H12BrN3O3. The van der Waals surface area contributed by atoms with E-state index in [4.69, 9.17) is 4.74 Å². The van der Waals surface area contributed by atoms with Crippen LogP contribution in [0, 0.1) is 10.1 Å². The number of methoxy groups -OCH3 is 1. The fraction of sp³-hybridized carbons (Fsp3) is 0.154. The number of aromatic nitrogens is 1. The van der Waals surface area contributed by atoms with Crippen molar-refractivity contribution in [1.82, 2.24) is 4.98 Å². The van der Waals surface area contributed by atoms with Crippen molar-refractivity contribution in [3.8, 4) is 5.88 Å². The lowest BCUT2D eigenvalue weighted by atomic mass is 10.2. The van der Waals surface area contributed by atoms with Crippen molar-refractivity contribution in [1.29, 1.82) is 0 Å². The number of halogens is 1. The highest BCUT2D eigenvalue weighted by atomic mass is 79.9. The van der Waals surface area contributed by atoms with E-state index in [1.807, 2.05) is 6.07 Å². The number of benzene rings is 1. The number of ether oxygens (including phenoxy) is 1. The van der Waals surface area contributed by atoms with Gasteiger partial charge in [0.05, 0.1) is 12.0 Å². The molecule has 0 aliphatic heterocycles. The lowest BCUT2D eigenvalue weighted by Gasteiger charge is -2.08. The van der Waals surface area contributed by atoms with Crippen LogP contribution in [0.15, 0.2) is 41.0 Å². The van der Waals surface area contributed by atoms with Gasteiger partial charge in [-0.2, -0.15) is 0 Å². The number of hydrogen-bond acceptors (Lipinski definition) is 5. The standard InChI is InChI=1S/C13H12BrN3O3/c1-20-13-6-9(4-5-15-13)8-16-11-3-2-10(14)7-12(11)17(18)19/h2-7,16H,8H2,1H3. The molecule has 1 heterocycles. The average Bonchev–Trinajstić information content (AvgIpc) is 2.46. The Morgan fingerprint density at radius 3 is 2.90 bits per heavy atom. The van der Waals surface area contributed by atoms with Crippen LogP contribution < -0.4 is 10.1 Å². The topological polar surface area (TPSA) is 77.3 Å². The molecule has 1 aromatic carbocycles. The van der Waals surface area contributed by atoms with Crippen LogP contribution in [-0.2, 0) is 6.54 Å². The molecule has 2 rings (SSSR count). The summed E-state index contributed by atoms with van der Waals surface area (Å²) < 4.78 is 5.70. The van der Waals surface area contributed by atoms with Crippen LogP contribution in [-0.4, -0.2) is 17.0 Å². The first-order valence-electron chi connectivity index (χ1n) is 5.77. The smallest absolute Gasteiger partial charge is 0.293 e. The number of pyridine rings is 1. The maximum absolute atomic E-state index is 11.0. The Bertz CT molecular complexity index is 634. The maximum Gasteiger partial charge on any atom is 0.293 e. The highest BCUT2D eigenvalue weighted by Crippen LogP contribution is 2.28. The van der Waals surface area contributed by atoms with E-state index in [1.165, 1.54) is 6.07 Å². The molecule has 0 fully saturated rings. The molecule has 0 aliphatic carbocycles. The molecular weight excluding hydrogens is 326 g/mol. The van der Waals surface area contributed by atoms with Gasteiger partial charge in [-0.3, -0.25) is 10.1 Å². The molecule has 0 saturated heterocycles. The van der Waals surface area contributed by atoms with Crippen LogP contribution in [0.5, 0.6) is 5.88 Å². The Kier molecular flexibility index (Phi) is 4.52. The van der Waals surface area contributed by atoms with Gasteiger partial charge in [-0.15, -0.1) is 0 Å². The van der Waals surface area contributed by atoms with Crippen molar-refractivity contribution in [2.24, 2.45) is 0 Å². The van der Waals surface area contributed by atoms with E-state index in [1.54, 1.807) is 31.5 Å². The fourth-order valence-electron chi connectivity index (χ4n) is 1.67. The summed E-state index contributed by atoms with van der Waals surface area (Å²) in [7, 11) is 1.54. The minimum absolute atomic E-state index is 0.0281. The Morgan fingerprint density at radius 1 is 1.40 bits per heavy atom. The van der Waals surface area contributed by atoms with Crippen LogP contribution in [0.2, 0.25) is 0 Å². The first-order valence-corrected chi connectivity index (χ1v) is 6.56. The maximum atomic E-state index is 11.0. The van der Waals surface area contributed by atoms with Gasteiger partial charge in [0.1, 0.15) is 5.69 Å². The van der Waals surface area contributed by atoms with Crippen molar-refractivity contribution in [2.75, 3.05) is 12.4 Å². The van der Waals surface area contributed by atoms with E-state index in [9.17, 15) is 10.1 Å². The molecule has 1 N–H and O–H groups in total. The third kappa shape index (κ3) is 3.45. The number of nitro groups is 1. The van der Waals surface area contributed by atoms with E-state index < -0.39 is 4.92 Å². The van der Waals surface area contributed by atoms with Gasteiger partial charge in [0.2, 0.25) is 5.88 Å². The van der Waals surface area contributed by atoms with Crippen molar-refractivity contribution in [2.45, 2.75) is 6.54 Å². The number of rotatable bonds is 5. The zero-order valence-electron chi connectivity index (χ0n) is 10.7.